The van der Waals surface area contributed by atoms with Crippen molar-refractivity contribution >= 4 is 5.78 Å². The van der Waals surface area contributed by atoms with Crippen molar-refractivity contribution in [3.05, 3.63) is 48.1 Å². The average Bonchev–Trinajstić information content (AvgIpc) is 2.81. The molecule has 128 valence electrons. The highest BCUT2D eigenvalue weighted by Crippen LogP contribution is 2.66. The van der Waals surface area contributed by atoms with Crippen molar-refractivity contribution in [1.29, 1.82) is 0 Å². The van der Waals surface area contributed by atoms with Gasteiger partial charge < -0.3 is 5.11 Å². The summed E-state index contributed by atoms with van der Waals surface area (Å²) in [6.07, 6.45) is 14.2. The van der Waals surface area contributed by atoms with Gasteiger partial charge in [-0.15, -0.1) is 0 Å². The SMILES string of the molecule is C=C(C)[C@@]1(O)CCC2C3C=CC4=CC(=O)C=C[C@]4(C)C3CC[C@@]21C. The van der Waals surface area contributed by atoms with Gasteiger partial charge in [-0.25, -0.2) is 0 Å². The number of hydrogen-bond acceptors (Lipinski definition) is 2. The Hall–Kier alpha value is -1.41. The number of hydrogen-bond donors (Lipinski definition) is 1. The summed E-state index contributed by atoms with van der Waals surface area (Å²) >= 11 is 0. The molecule has 0 aromatic carbocycles. The molecule has 4 rings (SSSR count). The van der Waals surface area contributed by atoms with E-state index >= 15 is 0 Å². The Labute approximate surface area is 145 Å². The molecule has 0 spiro atoms. The largest absolute Gasteiger partial charge is 0.385 e. The van der Waals surface area contributed by atoms with Crippen LogP contribution in [0, 0.1) is 28.6 Å². The van der Waals surface area contributed by atoms with Gasteiger partial charge in [-0.2, -0.15) is 0 Å². The standard InChI is InChI=1S/C22H28O2/c1-14(2)22(24)12-9-19-17-6-5-15-13-16(23)7-10-20(15,3)18(17)8-11-21(19,22)4/h5-7,10,13,17-19,24H,1,8-9,11-12H2,2-4H3/t17?,18?,19?,20-,21-,22-/m0/s1. The van der Waals surface area contributed by atoms with Crippen LogP contribution < -0.4 is 0 Å². The summed E-state index contributed by atoms with van der Waals surface area (Å²) in [6.45, 7) is 10.6. The maximum Gasteiger partial charge on any atom is 0.178 e. The van der Waals surface area contributed by atoms with Crippen molar-refractivity contribution in [2.24, 2.45) is 28.6 Å². The Morgan fingerprint density at radius 1 is 1.21 bits per heavy atom. The summed E-state index contributed by atoms with van der Waals surface area (Å²) in [4.78, 5) is 11.8. The van der Waals surface area contributed by atoms with Crippen molar-refractivity contribution < 1.29 is 9.90 Å². The highest BCUT2D eigenvalue weighted by Gasteiger charge is 2.63. The number of aliphatic hydroxyl groups is 1. The number of rotatable bonds is 1. The lowest BCUT2D eigenvalue weighted by atomic mass is 9.48. The number of ketones is 1. The van der Waals surface area contributed by atoms with Crippen molar-refractivity contribution in [3.8, 4) is 0 Å². The molecule has 0 aromatic heterocycles. The van der Waals surface area contributed by atoms with Gasteiger partial charge in [-0.3, -0.25) is 4.79 Å². The third-order valence-electron chi connectivity index (χ3n) is 7.97. The minimum atomic E-state index is -0.730. The van der Waals surface area contributed by atoms with Crippen LogP contribution in [0.4, 0.5) is 0 Å². The molecule has 0 heterocycles. The van der Waals surface area contributed by atoms with Crippen LogP contribution in [0.15, 0.2) is 48.1 Å². The number of allylic oxidation sites excluding steroid dienone is 6. The van der Waals surface area contributed by atoms with Gasteiger partial charge in [-0.05, 0) is 73.7 Å². The van der Waals surface area contributed by atoms with Crippen LogP contribution >= 0.6 is 0 Å². The Morgan fingerprint density at radius 3 is 2.62 bits per heavy atom. The van der Waals surface area contributed by atoms with E-state index in [1.165, 1.54) is 0 Å². The van der Waals surface area contributed by atoms with Crippen LogP contribution in [0.2, 0.25) is 0 Å². The van der Waals surface area contributed by atoms with Gasteiger partial charge in [0.1, 0.15) is 0 Å². The zero-order chi connectivity index (χ0) is 17.3. The molecule has 0 aromatic rings. The molecule has 2 saturated carbocycles. The smallest absolute Gasteiger partial charge is 0.178 e. The van der Waals surface area contributed by atoms with Gasteiger partial charge in [0, 0.05) is 10.8 Å². The second-order valence-corrected chi connectivity index (χ2v) is 8.90. The molecule has 4 aliphatic rings. The fraction of sp³-hybridized carbons (Fsp3) is 0.591. The Kier molecular flexibility index (Phi) is 3.23. The lowest BCUT2D eigenvalue weighted by Gasteiger charge is -2.56. The van der Waals surface area contributed by atoms with Crippen LogP contribution in [-0.2, 0) is 4.79 Å². The van der Waals surface area contributed by atoms with Crippen molar-refractivity contribution in [2.45, 2.75) is 52.1 Å². The van der Waals surface area contributed by atoms with E-state index in [1.807, 2.05) is 6.92 Å². The zero-order valence-electron chi connectivity index (χ0n) is 15.0. The third-order valence-corrected chi connectivity index (χ3v) is 7.97. The van der Waals surface area contributed by atoms with Crippen molar-refractivity contribution in [1.82, 2.24) is 0 Å². The summed E-state index contributed by atoms with van der Waals surface area (Å²) in [6, 6.07) is 0. The summed E-state index contributed by atoms with van der Waals surface area (Å²) < 4.78 is 0. The minimum Gasteiger partial charge on any atom is -0.385 e. The predicted octanol–water partition coefficient (Wildman–Crippen LogP) is 4.38. The van der Waals surface area contributed by atoms with Crippen molar-refractivity contribution in [3.63, 3.8) is 0 Å². The molecule has 2 fully saturated rings. The van der Waals surface area contributed by atoms with Crippen molar-refractivity contribution in [2.75, 3.05) is 0 Å². The fourth-order valence-corrected chi connectivity index (χ4v) is 6.37. The molecule has 4 aliphatic carbocycles. The molecule has 0 amide bonds. The number of carbonyl (C=O) groups excluding carboxylic acids is 1. The normalized spacial score (nSPS) is 49.2. The van der Waals surface area contributed by atoms with Gasteiger partial charge >= 0.3 is 0 Å². The molecule has 0 bridgehead atoms. The van der Waals surface area contributed by atoms with E-state index in [0.29, 0.717) is 17.8 Å². The quantitative estimate of drug-likeness (QED) is 0.727. The molecular weight excluding hydrogens is 296 g/mol. The van der Waals surface area contributed by atoms with Gasteiger partial charge in [0.2, 0.25) is 0 Å². The lowest BCUT2D eigenvalue weighted by molar-refractivity contribution is -0.111. The number of fused-ring (bicyclic) bond motifs is 5. The molecule has 0 saturated heterocycles. The fourth-order valence-electron chi connectivity index (χ4n) is 6.37. The molecule has 6 atom stereocenters. The average molecular weight is 324 g/mol. The minimum absolute atomic E-state index is 0.0431. The summed E-state index contributed by atoms with van der Waals surface area (Å²) in [7, 11) is 0. The second kappa shape index (κ2) is 4.82. The van der Waals surface area contributed by atoms with Crippen LogP contribution in [0.5, 0.6) is 0 Å². The van der Waals surface area contributed by atoms with E-state index in [0.717, 1.165) is 36.8 Å². The highest BCUT2D eigenvalue weighted by molar-refractivity contribution is 6.01. The Bertz CT molecular complexity index is 711. The molecular formula is C22H28O2. The first-order chi connectivity index (χ1) is 11.2. The van der Waals surface area contributed by atoms with Crippen LogP contribution in [0.3, 0.4) is 0 Å². The molecule has 3 unspecified atom stereocenters. The van der Waals surface area contributed by atoms with E-state index in [4.69, 9.17) is 0 Å². The van der Waals surface area contributed by atoms with E-state index in [2.05, 4.69) is 38.7 Å². The van der Waals surface area contributed by atoms with Gasteiger partial charge in [-0.1, -0.05) is 38.7 Å². The first-order valence-electron chi connectivity index (χ1n) is 9.24. The van der Waals surface area contributed by atoms with E-state index in [9.17, 15) is 9.90 Å². The first kappa shape index (κ1) is 16.1. The topological polar surface area (TPSA) is 37.3 Å². The van der Waals surface area contributed by atoms with E-state index < -0.39 is 5.60 Å². The molecule has 1 N–H and O–H groups in total. The predicted molar refractivity (Wildman–Crippen MR) is 96.3 cm³/mol. The van der Waals surface area contributed by atoms with Crippen LogP contribution in [0.25, 0.3) is 0 Å². The van der Waals surface area contributed by atoms with Gasteiger partial charge in [0.05, 0.1) is 5.60 Å². The lowest BCUT2D eigenvalue weighted by Crippen LogP contribution is -2.53. The molecule has 2 nitrogen and oxygen atoms in total. The van der Waals surface area contributed by atoms with Crippen LogP contribution in [0.1, 0.15) is 46.5 Å². The third kappa shape index (κ3) is 1.78. The second-order valence-electron chi connectivity index (χ2n) is 8.90. The Balaban J connectivity index is 1.77. The maximum atomic E-state index is 11.8. The van der Waals surface area contributed by atoms with E-state index in [-0.39, 0.29) is 16.6 Å². The van der Waals surface area contributed by atoms with E-state index in [1.54, 1.807) is 12.2 Å². The number of carbonyl (C=O) groups is 1. The van der Waals surface area contributed by atoms with Gasteiger partial charge in [0.25, 0.3) is 0 Å². The summed E-state index contributed by atoms with van der Waals surface area (Å²) in [5, 5.41) is 11.4. The van der Waals surface area contributed by atoms with Crippen LogP contribution in [-0.4, -0.2) is 16.5 Å². The highest BCUT2D eigenvalue weighted by atomic mass is 16.3. The molecule has 0 aliphatic heterocycles. The van der Waals surface area contributed by atoms with Gasteiger partial charge in [0.15, 0.2) is 5.78 Å². The summed E-state index contributed by atoms with van der Waals surface area (Å²) in [5.74, 6) is 1.57. The molecule has 24 heavy (non-hydrogen) atoms. The maximum absolute atomic E-state index is 11.8. The zero-order valence-corrected chi connectivity index (χ0v) is 15.0. The molecule has 2 heteroatoms. The first-order valence-corrected chi connectivity index (χ1v) is 9.24. The molecule has 0 radical (unpaired) electrons. The monoisotopic (exact) mass is 324 g/mol. The Morgan fingerprint density at radius 2 is 1.92 bits per heavy atom. The summed E-state index contributed by atoms with van der Waals surface area (Å²) in [5.41, 5.74) is 1.22.